The molecule has 0 aliphatic carbocycles. The summed E-state index contributed by atoms with van der Waals surface area (Å²) in [6.45, 7) is 0.594. The molecule has 0 aliphatic heterocycles. The number of nitrogens with one attached hydrogen (secondary N) is 1. The fourth-order valence-corrected chi connectivity index (χ4v) is 1.72. The van der Waals surface area contributed by atoms with Gasteiger partial charge in [0.2, 0.25) is 0 Å². The fraction of sp³-hybridized carbons (Fsp3) is 0.364. The van der Waals surface area contributed by atoms with E-state index in [1.807, 2.05) is 12.1 Å². The number of methoxy groups -OCH3 is 1. The van der Waals surface area contributed by atoms with E-state index < -0.39 is 0 Å². The number of nitrogens with zero attached hydrogens (tertiary/aromatic N) is 1. The lowest BCUT2D eigenvalue weighted by atomic mass is 10.3. The minimum absolute atomic E-state index is 0.0786. The number of fused-ring (bicyclic) bond motifs is 1. The van der Waals surface area contributed by atoms with Gasteiger partial charge in [0.05, 0.1) is 18.1 Å². The lowest BCUT2D eigenvalue weighted by molar-refractivity contribution is 0.280. The maximum atomic E-state index is 11.6. The Labute approximate surface area is 92.3 Å². The molecule has 86 valence electrons. The third-order valence-corrected chi connectivity index (χ3v) is 2.52. The topological polar surface area (TPSA) is 67.2 Å². The van der Waals surface area contributed by atoms with Crippen molar-refractivity contribution in [1.82, 2.24) is 9.55 Å². The largest absolute Gasteiger partial charge is 0.497 e. The second-order valence-corrected chi connectivity index (χ2v) is 3.54. The summed E-state index contributed by atoms with van der Waals surface area (Å²) >= 11 is 0. The van der Waals surface area contributed by atoms with E-state index in [-0.39, 0.29) is 12.3 Å². The molecule has 1 heterocycles. The van der Waals surface area contributed by atoms with Crippen LogP contribution in [0.5, 0.6) is 5.75 Å². The molecule has 0 unspecified atom stereocenters. The highest BCUT2D eigenvalue weighted by Gasteiger charge is 2.06. The Morgan fingerprint density at radius 1 is 1.50 bits per heavy atom. The average Bonchev–Trinajstić information content (AvgIpc) is 2.61. The molecule has 0 aliphatic rings. The van der Waals surface area contributed by atoms with Crippen LogP contribution in [0.1, 0.15) is 6.42 Å². The first kappa shape index (κ1) is 10.8. The summed E-state index contributed by atoms with van der Waals surface area (Å²) in [5.41, 5.74) is 1.43. The zero-order valence-corrected chi connectivity index (χ0v) is 9.06. The minimum atomic E-state index is -0.156. The Balaban J connectivity index is 2.49. The number of hydrogen-bond donors (Lipinski definition) is 2. The second kappa shape index (κ2) is 4.40. The van der Waals surface area contributed by atoms with Gasteiger partial charge >= 0.3 is 5.69 Å². The molecular formula is C11H14N2O3. The molecule has 2 aromatic rings. The van der Waals surface area contributed by atoms with Crippen molar-refractivity contribution in [2.45, 2.75) is 13.0 Å². The molecule has 5 heteroatoms. The van der Waals surface area contributed by atoms with E-state index in [1.165, 1.54) is 0 Å². The number of aryl methyl sites for hydroxylation is 1. The predicted octanol–water partition coefficient (Wildman–Crippen LogP) is 0.721. The number of H-pyrrole nitrogens is 1. The van der Waals surface area contributed by atoms with Crippen molar-refractivity contribution >= 4 is 11.0 Å². The van der Waals surface area contributed by atoms with Crippen molar-refractivity contribution in [2.75, 3.05) is 13.7 Å². The summed E-state index contributed by atoms with van der Waals surface area (Å²) in [6.07, 6.45) is 0.568. The molecule has 1 aromatic carbocycles. The highest BCUT2D eigenvalue weighted by molar-refractivity contribution is 5.76. The number of aromatic amines is 1. The van der Waals surface area contributed by atoms with Crippen molar-refractivity contribution in [3.63, 3.8) is 0 Å². The molecule has 0 amide bonds. The maximum absolute atomic E-state index is 11.6. The van der Waals surface area contributed by atoms with E-state index in [4.69, 9.17) is 9.84 Å². The lowest BCUT2D eigenvalue weighted by Crippen LogP contribution is -2.17. The van der Waals surface area contributed by atoms with Gasteiger partial charge in [0.1, 0.15) is 5.75 Å². The van der Waals surface area contributed by atoms with Gasteiger partial charge in [0.25, 0.3) is 0 Å². The van der Waals surface area contributed by atoms with Gasteiger partial charge in [-0.1, -0.05) is 0 Å². The molecular weight excluding hydrogens is 208 g/mol. The van der Waals surface area contributed by atoms with Crippen molar-refractivity contribution in [3.05, 3.63) is 28.7 Å². The van der Waals surface area contributed by atoms with Crippen LogP contribution in [0.2, 0.25) is 0 Å². The maximum Gasteiger partial charge on any atom is 0.326 e. The summed E-state index contributed by atoms with van der Waals surface area (Å²) in [5, 5.41) is 8.76. The first-order chi connectivity index (χ1) is 7.76. The van der Waals surface area contributed by atoms with E-state index in [2.05, 4.69) is 4.98 Å². The van der Waals surface area contributed by atoms with Crippen molar-refractivity contribution in [2.24, 2.45) is 0 Å². The standard InChI is InChI=1S/C11H14N2O3/c1-16-8-3-4-10-9(7-8)12-11(15)13(10)5-2-6-14/h3-4,7,14H,2,5-6H2,1H3,(H,12,15). The van der Waals surface area contributed by atoms with E-state index in [1.54, 1.807) is 17.7 Å². The monoisotopic (exact) mass is 222 g/mol. The first-order valence-corrected chi connectivity index (χ1v) is 5.13. The van der Waals surface area contributed by atoms with Crippen LogP contribution in [0, 0.1) is 0 Å². The van der Waals surface area contributed by atoms with Crippen LogP contribution >= 0.6 is 0 Å². The molecule has 0 radical (unpaired) electrons. The normalized spacial score (nSPS) is 10.9. The third kappa shape index (κ3) is 1.81. The van der Waals surface area contributed by atoms with Gasteiger partial charge in [-0.05, 0) is 18.6 Å². The van der Waals surface area contributed by atoms with Crippen LogP contribution in [0.25, 0.3) is 11.0 Å². The zero-order chi connectivity index (χ0) is 11.5. The molecule has 5 nitrogen and oxygen atoms in total. The molecule has 2 rings (SSSR count). The number of aliphatic hydroxyl groups excluding tert-OH is 1. The number of ether oxygens (including phenoxy) is 1. The predicted molar refractivity (Wildman–Crippen MR) is 60.8 cm³/mol. The summed E-state index contributed by atoms with van der Waals surface area (Å²) in [5.74, 6) is 0.711. The smallest absolute Gasteiger partial charge is 0.326 e. The van der Waals surface area contributed by atoms with E-state index in [0.717, 1.165) is 11.0 Å². The van der Waals surface area contributed by atoms with Crippen LogP contribution in [0.3, 0.4) is 0 Å². The van der Waals surface area contributed by atoms with Gasteiger partial charge in [-0.2, -0.15) is 0 Å². The minimum Gasteiger partial charge on any atom is -0.497 e. The van der Waals surface area contributed by atoms with Crippen molar-refractivity contribution in [1.29, 1.82) is 0 Å². The molecule has 1 aromatic heterocycles. The molecule has 2 N–H and O–H groups in total. The summed E-state index contributed by atoms with van der Waals surface area (Å²) in [7, 11) is 1.59. The highest BCUT2D eigenvalue weighted by Crippen LogP contribution is 2.17. The average molecular weight is 222 g/mol. The number of aliphatic hydroxyl groups is 1. The molecule has 0 saturated heterocycles. The number of aromatic nitrogens is 2. The lowest BCUT2D eigenvalue weighted by Gasteiger charge is -2.02. The Kier molecular flexibility index (Phi) is 2.96. The number of imidazole rings is 1. The second-order valence-electron chi connectivity index (χ2n) is 3.54. The molecule has 16 heavy (non-hydrogen) atoms. The third-order valence-electron chi connectivity index (χ3n) is 2.52. The van der Waals surface area contributed by atoms with Crippen molar-refractivity contribution < 1.29 is 9.84 Å². The number of hydrogen-bond acceptors (Lipinski definition) is 3. The van der Waals surface area contributed by atoms with Gasteiger partial charge in [-0.3, -0.25) is 4.57 Å². The molecule has 0 bridgehead atoms. The molecule has 0 fully saturated rings. The highest BCUT2D eigenvalue weighted by atomic mass is 16.5. The number of benzene rings is 1. The van der Waals surface area contributed by atoms with E-state index in [9.17, 15) is 4.79 Å². The van der Waals surface area contributed by atoms with Gasteiger partial charge < -0.3 is 14.8 Å². The zero-order valence-electron chi connectivity index (χ0n) is 9.06. The molecule has 0 spiro atoms. The van der Waals surface area contributed by atoms with E-state index in [0.29, 0.717) is 18.7 Å². The Morgan fingerprint density at radius 2 is 2.31 bits per heavy atom. The Bertz CT molecular complexity index is 542. The van der Waals surface area contributed by atoms with Gasteiger partial charge in [0, 0.05) is 19.2 Å². The van der Waals surface area contributed by atoms with Gasteiger partial charge in [-0.15, -0.1) is 0 Å². The van der Waals surface area contributed by atoms with Crippen LogP contribution in [-0.2, 0) is 6.54 Å². The number of rotatable bonds is 4. The van der Waals surface area contributed by atoms with Crippen LogP contribution in [0.4, 0.5) is 0 Å². The van der Waals surface area contributed by atoms with Crippen LogP contribution in [-0.4, -0.2) is 28.4 Å². The first-order valence-electron chi connectivity index (χ1n) is 5.13. The van der Waals surface area contributed by atoms with Crippen LogP contribution in [0.15, 0.2) is 23.0 Å². The quantitative estimate of drug-likeness (QED) is 0.801. The van der Waals surface area contributed by atoms with Crippen LogP contribution < -0.4 is 10.4 Å². The fourth-order valence-electron chi connectivity index (χ4n) is 1.72. The summed E-state index contributed by atoms with van der Waals surface area (Å²) in [6, 6.07) is 5.43. The Hall–Kier alpha value is -1.75. The summed E-state index contributed by atoms with van der Waals surface area (Å²) in [4.78, 5) is 14.4. The molecule has 0 saturated carbocycles. The van der Waals surface area contributed by atoms with Gasteiger partial charge in [0.15, 0.2) is 0 Å². The Morgan fingerprint density at radius 3 is 3.00 bits per heavy atom. The SMILES string of the molecule is COc1ccc2c(c1)[nH]c(=O)n2CCCO. The molecule has 0 atom stereocenters. The van der Waals surface area contributed by atoms with Gasteiger partial charge in [-0.25, -0.2) is 4.79 Å². The van der Waals surface area contributed by atoms with Crippen molar-refractivity contribution in [3.8, 4) is 5.75 Å². The van der Waals surface area contributed by atoms with E-state index >= 15 is 0 Å². The summed E-state index contributed by atoms with van der Waals surface area (Å²) < 4.78 is 6.70.